The van der Waals surface area contributed by atoms with Crippen molar-refractivity contribution in [3.63, 3.8) is 0 Å². The van der Waals surface area contributed by atoms with Crippen molar-refractivity contribution < 1.29 is 19.0 Å². The Morgan fingerprint density at radius 2 is 2.17 bits per heavy atom. The number of aliphatic hydroxyl groups is 1. The highest BCUT2D eigenvalue weighted by Gasteiger charge is 2.47. The van der Waals surface area contributed by atoms with Crippen molar-refractivity contribution in [1.29, 1.82) is 0 Å². The lowest BCUT2D eigenvalue weighted by atomic mass is 9.90. The van der Waals surface area contributed by atoms with Crippen molar-refractivity contribution in [3.8, 4) is 10.6 Å². The summed E-state index contributed by atoms with van der Waals surface area (Å²) in [5.74, 6) is -1.20. The minimum atomic E-state index is -0.969. The molecule has 2 aliphatic rings. The molecule has 0 amide bonds. The van der Waals surface area contributed by atoms with Crippen molar-refractivity contribution in [2.75, 3.05) is 0 Å². The largest absolute Gasteiger partial charge is 0.393 e. The molecule has 2 aromatic heterocycles. The molecule has 0 radical (unpaired) electrons. The van der Waals surface area contributed by atoms with E-state index in [1.807, 2.05) is 43.3 Å². The first-order chi connectivity index (χ1) is 14.0. The first-order valence-electron chi connectivity index (χ1n) is 9.84. The Labute approximate surface area is 173 Å². The van der Waals surface area contributed by atoms with Crippen LogP contribution >= 0.6 is 11.3 Å². The third-order valence-corrected chi connectivity index (χ3v) is 6.69. The molecule has 2 aliphatic heterocycles. The van der Waals surface area contributed by atoms with Gasteiger partial charge in [-0.1, -0.05) is 6.07 Å². The Kier molecular flexibility index (Phi) is 4.75. The summed E-state index contributed by atoms with van der Waals surface area (Å²) < 4.78 is 26.9. The minimum Gasteiger partial charge on any atom is -0.393 e. The van der Waals surface area contributed by atoms with Crippen LogP contribution < -0.4 is 0 Å². The standard InChI is InChI=1S/C23H22FNO3S/c1-14-8-17(26)12-23(28-14)19-10-15(20(24)11-16(19)13-27-23)9-18-5-6-22(29-18)21-4-2-3-7-25-21/h2-7,10-11,14,17,26H,8-9,12-13H2,1H3/t14?,17?,23-/m1/s1. The number of rotatable bonds is 3. The summed E-state index contributed by atoms with van der Waals surface area (Å²) >= 11 is 1.62. The van der Waals surface area contributed by atoms with Gasteiger partial charge in [-0.05, 0) is 60.9 Å². The van der Waals surface area contributed by atoms with Gasteiger partial charge in [0.2, 0.25) is 0 Å². The summed E-state index contributed by atoms with van der Waals surface area (Å²) in [5, 5.41) is 10.3. The quantitative estimate of drug-likeness (QED) is 0.674. The first kappa shape index (κ1) is 18.9. The number of fused-ring (bicyclic) bond motifs is 2. The molecule has 1 N–H and O–H groups in total. The maximum atomic E-state index is 14.8. The second kappa shape index (κ2) is 7.29. The molecular weight excluding hydrogens is 389 g/mol. The summed E-state index contributed by atoms with van der Waals surface area (Å²) in [6.07, 6.45) is 2.62. The van der Waals surface area contributed by atoms with Crippen LogP contribution in [0.2, 0.25) is 0 Å². The molecule has 29 heavy (non-hydrogen) atoms. The highest BCUT2D eigenvalue weighted by Crippen LogP contribution is 2.46. The molecule has 1 aromatic carbocycles. The minimum absolute atomic E-state index is 0.114. The summed E-state index contributed by atoms with van der Waals surface area (Å²) in [6, 6.07) is 13.3. The Bertz CT molecular complexity index is 1030. The number of hydrogen-bond donors (Lipinski definition) is 1. The fraction of sp³-hybridized carbons (Fsp3) is 0.348. The number of hydrogen-bond acceptors (Lipinski definition) is 5. The number of nitrogens with zero attached hydrogens (tertiary/aromatic N) is 1. The van der Waals surface area contributed by atoms with Crippen LogP contribution in [0.25, 0.3) is 10.6 Å². The predicted molar refractivity (Wildman–Crippen MR) is 109 cm³/mol. The number of aliphatic hydroxyl groups excluding tert-OH is 1. The lowest BCUT2D eigenvalue weighted by molar-refractivity contribution is -0.295. The van der Waals surface area contributed by atoms with Gasteiger partial charge >= 0.3 is 0 Å². The zero-order valence-electron chi connectivity index (χ0n) is 16.1. The van der Waals surface area contributed by atoms with Crippen molar-refractivity contribution in [2.45, 2.75) is 50.8 Å². The Balaban J connectivity index is 1.45. The number of benzene rings is 1. The molecule has 0 saturated carbocycles. The topological polar surface area (TPSA) is 51.6 Å². The molecule has 150 valence electrons. The fourth-order valence-electron chi connectivity index (χ4n) is 4.31. The molecule has 1 fully saturated rings. The molecule has 2 unspecified atom stereocenters. The smallest absolute Gasteiger partial charge is 0.198 e. The maximum Gasteiger partial charge on any atom is 0.198 e. The molecule has 6 heteroatoms. The van der Waals surface area contributed by atoms with Gasteiger partial charge in [0.25, 0.3) is 0 Å². The molecule has 4 nitrogen and oxygen atoms in total. The molecular formula is C23H22FNO3S. The van der Waals surface area contributed by atoms with Gasteiger partial charge in [-0.3, -0.25) is 4.98 Å². The lowest BCUT2D eigenvalue weighted by Gasteiger charge is -2.39. The predicted octanol–water partition coefficient (Wildman–Crippen LogP) is 4.78. The van der Waals surface area contributed by atoms with Gasteiger partial charge in [-0.15, -0.1) is 11.3 Å². The van der Waals surface area contributed by atoms with Crippen molar-refractivity contribution in [1.82, 2.24) is 4.98 Å². The number of pyridine rings is 1. The van der Waals surface area contributed by atoms with Crippen LogP contribution in [-0.2, 0) is 28.3 Å². The van der Waals surface area contributed by atoms with E-state index in [2.05, 4.69) is 4.98 Å². The molecule has 4 heterocycles. The Morgan fingerprint density at radius 1 is 1.28 bits per heavy atom. The van der Waals surface area contributed by atoms with Crippen LogP contribution in [0.5, 0.6) is 0 Å². The van der Waals surface area contributed by atoms with Crippen LogP contribution in [0.1, 0.15) is 41.3 Å². The van der Waals surface area contributed by atoms with E-state index in [4.69, 9.17) is 9.47 Å². The zero-order valence-corrected chi connectivity index (χ0v) is 16.9. The zero-order chi connectivity index (χ0) is 20.0. The van der Waals surface area contributed by atoms with Gasteiger partial charge in [-0.2, -0.15) is 0 Å². The van der Waals surface area contributed by atoms with E-state index in [-0.39, 0.29) is 11.9 Å². The number of ether oxygens (including phenoxy) is 2. The van der Waals surface area contributed by atoms with Gasteiger partial charge in [0.05, 0.1) is 29.4 Å². The van der Waals surface area contributed by atoms with E-state index in [9.17, 15) is 9.50 Å². The van der Waals surface area contributed by atoms with Gasteiger partial charge in [0, 0.05) is 29.5 Å². The summed E-state index contributed by atoms with van der Waals surface area (Å²) in [6.45, 7) is 2.23. The molecule has 0 bridgehead atoms. The fourth-order valence-corrected chi connectivity index (χ4v) is 5.32. The number of aromatic nitrogens is 1. The van der Waals surface area contributed by atoms with Crippen LogP contribution in [0, 0.1) is 5.82 Å². The average Bonchev–Trinajstić information content (AvgIpc) is 3.28. The van der Waals surface area contributed by atoms with Gasteiger partial charge < -0.3 is 14.6 Å². The molecule has 1 spiro atoms. The highest BCUT2D eigenvalue weighted by atomic mass is 32.1. The molecule has 3 aromatic rings. The summed E-state index contributed by atoms with van der Waals surface area (Å²) in [7, 11) is 0. The third kappa shape index (κ3) is 3.51. The van der Waals surface area contributed by atoms with Crippen LogP contribution in [-0.4, -0.2) is 22.3 Å². The Hall–Kier alpha value is -2.12. The molecule has 1 saturated heterocycles. The SMILES string of the molecule is CC1CC(O)C[C@@]2(OCc3cc(F)c(Cc4ccc(-c5ccccn5)s4)cc32)O1. The lowest BCUT2D eigenvalue weighted by Crippen LogP contribution is -2.43. The Morgan fingerprint density at radius 3 is 2.97 bits per heavy atom. The molecule has 0 aliphatic carbocycles. The number of thiophene rings is 1. The van der Waals surface area contributed by atoms with E-state index < -0.39 is 11.9 Å². The van der Waals surface area contributed by atoms with Gasteiger partial charge in [-0.25, -0.2) is 4.39 Å². The van der Waals surface area contributed by atoms with E-state index >= 15 is 0 Å². The van der Waals surface area contributed by atoms with E-state index in [0.29, 0.717) is 31.4 Å². The third-order valence-electron chi connectivity index (χ3n) is 5.59. The average molecular weight is 411 g/mol. The van der Waals surface area contributed by atoms with E-state index in [0.717, 1.165) is 26.6 Å². The number of halogens is 1. The van der Waals surface area contributed by atoms with Crippen molar-refractivity contribution >= 4 is 11.3 Å². The second-order valence-electron chi connectivity index (χ2n) is 7.82. The summed E-state index contributed by atoms with van der Waals surface area (Å²) in [5.41, 5.74) is 3.18. The molecule has 3 atom stereocenters. The van der Waals surface area contributed by atoms with Crippen molar-refractivity contribution in [3.05, 3.63) is 76.0 Å². The molecule has 5 rings (SSSR count). The summed E-state index contributed by atoms with van der Waals surface area (Å²) in [4.78, 5) is 6.51. The van der Waals surface area contributed by atoms with E-state index in [1.54, 1.807) is 23.6 Å². The normalized spacial score (nSPS) is 26.0. The van der Waals surface area contributed by atoms with Gasteiger partial charge in [0.1, 0.15) is 5.82 Å². The maximum absolute atomic E-state index is 14.8. The van der Waals surface area contributed by atoms with E-state index in [1.165, 1.54) is 0 Å². The first-order valence-corrected chi connectivity index (χ1v) is 10.7. The monoisotopic (exact) mass is 411 g/mol. The second-order valence-corrected chi connectivity index (χ2v) is 8.99. The van der Waals surface area contributed by atoms with Crippen LogP contribution in [0.4, 0.5) is 4.39 Å². The highest BCUT2D eigenvalue weighted by molar-refractivity contribution is 7.15. The van der Waals surface area contributed by atoms with Crippen LogP contribution in [0.15, 0.2) is 48.7 Å². The van der Waals surface area contributed by atoms with Crippen LogP contribution in [0.3, 0.4) is 0 Å². The van der Waals surface area contributed by atoms with Crippen molar-refractivity contribution in [2.24, 2.45) is 0 Å². The van der Waals surface area contributed by atoms with Gasteiger partial charge in [0.15, 0.2) is 5.79 Å².